The van der Waals surface area contributed by atoms with Gasteiger partial charge in [0, 0.05) is 11.6 Å². The molecule has 0 unspecified atom stereocenters. The van der Waals surface area contributed by atoms with Crippen molar-refractivity contribution < 1.29 is 5.11 Å². The van der Waals surface area contributed by atoms with Gasteiger partial charge in [-0.15, -0.1) is 6.58 Å². The van der Waals surface area contributed by atoms with Gasteiger partial charge in [0.1, 0.15) is 5.75 Å². The third kappa shape index (κ3) is 2.10. The van der Waals surface area contributed by atoms with Crippen molar-refractivity contribution in [1.82, 2.24) is 0 Å². The van der Waals surface area contributed by atoms with Crippen molar-refractivity contribution in [2.45, 2.75) is 19.4 Å². The van der Waals surface area contributed by atoms with Gasteiger partial charge < -0.3 is 10.8 Å². The van der Waals surface area contributed by atoms with Crippen LogP contribution in [-0.4, -0.2) is 5.11 Å². The van der Waals surface area contributed by atoms with Gasteiger partial charge in [-0.25, -0.2) is 0 Å². The van der Waals surface area contributed by atoms with E-state index in [0.717, 1.165) is 11.1 Å². The normalized spacial score (nSPS) is 12.5. The summed E-state index contributed by atoms with van der Waals surface area (Å²) in [5.74, 6) is 0.303. The fourth-order valence-corrected chi connectivity index (χ4v) is 1.29. The number of phenols is 1. The lowest BCUT2D eigenvalue weighted by Gasteiger charge is -2.12. The maximum Gasteiger partial charge on any atom is 0.123 e. The standard InChI is InChI=1S/C11H15NO/c1-3-5-10(12)9-7-4-6-8(2)11(9)13/h3-4,6-7,10,13H,1,5,12H2,2H3/t10-/m1/s1. The minimum absolute atomic E-state index is 0.155. The molecule has 0 aliphatic carbocycles. The number of hydrogen-bond donors (Lipinski definition) is 2. The highest BCUT2D eigenvalue weighted by atomic mass is 16.3. The van der Waals surface area contributed by atoms with E-state index in [9.17, 15) is 5.11 Å². The van der Waals surface area contributed by atoms with Crippen LogP contribution < -0.4 is 5.73 Å². The second-order valence-electron chi connectivity index (χ2n) is 3.14. The lowest BCUT2D eigenvalue weighted by Crippen LogP contribution is -2.09. The Morgan fingerprint density at radius 2 is 2.31 bits per heavy atom. The predicted octanol–water partition coefficient (Wildman–Crippen LogP) is 2.28. The highest BCUT2D eigenvalue weighted by molar-refractivity contribution is 5.41. The molecule has 1 atom stereocenters. The van der Waals surface area contributed by atoms with Crippen LogP contribution >= 0.6 is 0 Å². The number of rotatable bonds is 3. The zero-order valence-corrected chi connectivity index (χ0v) is 7.83. The Morgan fingerprint density at radius 3 is 2.92 bits per heavy atom. The number of benzene rings is 1. The highest BCUT2D eigenvalue weighted by Gasteiger charge is 2.09. The third-order valence-corrected chi connectivity index (χ3v) is 2.09. The molecule has 0 bridgehead atoms. The van der Waals surface area contributed by atoms with Gasteiger partial charge in [0.25, 0.3) is 0 Å². The van der Waals surface area contributed by atoms with Crippen molar-refractivity contribution in [3.05, 3.63) is 42.0 Å². The van der Waals surface area contributed by atoms with Crippen LogP contribution in [-0.2, 0) is 0 Å². The van der Waals surface area contributed by atoms with E-state index in [-0.39, 0.29) is 6.04 Å². The Kier molecular flexibility index (Phi) is 3.09. The van der Waals surface area contributed by atoms with Gasteiger partial charge in [0.15, 0.2) is 0 Å². The minimum Gasteiger partial charge on any atom is -0.507 e. The lowest BCUT2D eigenvalue weighted by atomic mass is 10.0. The molecule has 2 nitrogen and oxygen atoms in total. The van der Waals surface area contributed by atoms with Crippen LogP contribution in [0.3, 0.4) is 0 Å². The van der Waals surface area contributed by atoms with Gasteiger partial charge in [-0.05, 0) is 18.9 Å². The summed E-state index contributed by atoms with van der Waals surface area (Å²) in [4.78, 5) is 0. The fourth-order valence-electron chi connectivity index (χ4n) is 1.29. The van der Waals surface area contributed by atoms with E-state index in [1.807, 2.05) is 25.1 Å². The fraction of sp³-hybridized carbons (Fsp3) is 0.273. The molecule has 0 heterocycles. The number of para-hydroxylation sites is 1. The molecule has 70 valence electrons. The minimum atomic E-state index is -0.155. The topological polar surface area (TPSA) is 46.2 Å². The van der Waals surface area contributed by atoms with Crippen molar-refractivity contribution >= 4 is 0 Å². The van der Waals surface area contributed by atoms with Crippen LogP contribution in [0.25, 0.3) is 0 Å². The molecule has 0 fully saturated rings. The molecule has 1 aromatic rings. The first-order valence-electron chi connectivity index (χ1n) is 4.31. The van der Waals surface area contributed by atoms with Crippen LogP contribution in [0.4, 0.5) is 0 Å². The summed E-state index contributed by atoms with van der Waals surface area (Å²) in [6.07, 6.45) is 2.43. The van der Waals surface area contributed by atoms with E-state index >= 15 is 0 Å². The van der Waals surface area contributed by atoms with E-state index in [1.165, 1.54) is 0 Å². The molecular weight excluding hydrogens is 162 g/mol. The molecule has 0 saturated heterocycles. The second kappa shape index (κ2) is 4.10. The van der Waals surface area contributed by atoms with E-state index < -0.39 is 0 Å². The Bertz CT molecular complexity index is 307. The molecule has 2 heteroatoms. The first kappa shape index (κ1) is 9.81. The summed E-state index contributed by atoms with van der Waals surface area (Å²) in [5, 5.41) is 9.68. The van der Waals surface area contributed by atoms with Crippen LogP contribution in [0, 0.1) is 6.92 Å². The molecule has 3 N–H and O–H groups in total. The van der Waals surface area contributed by atoms with Crippen molar-refractivity contribution in [1.29, 1.82) is 0 Å². The molecular formula is C11H15NO. The Hall–Kier alpha value is -1.28. The lowest BCUT2D eigenvalue weighted by molar-refractivity contribution is 0.457. The van der Waals surface area contributed by atoms with Gasteiger partial charge in [-0.2, -0.15) is 0 Å². The Balaban J connectivity index is 3.00. The van der Waals surface area contributed by atoms with Crippen molar-refractivity contribution in [2.75, 3.05) is 0 Å². The van der Waals surface area contributed by atoms with Crippen molar-refractivity contribution in [3.8, 4) is 5.75 Å². The number of aromatic hydroxyl groups is 1. The van der Waals surface area contributed by atoms with E-state index in [0.29, 0.717) is 12.2 Å². The van der Waals surface area contributed by atoms with E-state index in [4.69, 9.17) is 5.73 Å². The molecule has 13 heavy (non-hydrogen) atoms. The van der Waals surface area contributed by atoms with Crippen LogP contribution in [0.2, 0.25) is 0 Å². The van der Waals surface area contributed by atoms with Gasteiger partial charge in [-0.1, -0.05) is 24.3 Å². The van der Waals surface area contributed by atoms with Gasteiger partial charge in [0.2, 0.25) is 0 Å². The monoisotopic (exact) mass is 177 g/mol. The maximum atomic E-state index is 9.68. The van der Waals surface area contributed by atoms with Crippen LogP contribution in [0.5, 0.6) is 5.75 Å². The average molecular weight is 177 g/mol. The average Bonchev–Trinajstić information content (AvgIpc) is 2.10. The first-order chi connectivity index (χ1) is 6.16. The summed E-state index contributed by atoms with van der Waals surface area (Å²) >= 11 is 0. The summed E-state index contributed by atoms with van der Waals surface area (Å²) in [7, 11) is 0. The molecule has 0 saturated carbocycles. The van der Waals surface area contributed by atoms with Gasteiger partial charge >= 0.3 is 0 Å². The molecule has 0 aromatic heterocycles. The zero-order chi connectivity index (χ0) is 9.84. The zero-order valence-electron chi connectivity index (χ0n) is 7.83. The van der Waals surface area contributed by atoms with Gasteiger partial charge in [-0.3, -0.25) is 0 Å². The summed E-state index contributed by atoms with van der Waals surface area (Å²) < 4.78 is 0. The molecule has 0 aliphatic rings. The highest BCUT2D eigenvalue weighted by Crippen LogP contribution is 2.27. The Morgan fingerprint density at radius 1 is 1.62 bits per heavy atom. The van der Waals surface area contributed by atoms with Crippen LogP contribution in [0.15, 0.2) is 30.9 Å². The molecule has 1 rings (SSSR count). The van der Waals surface area contributed by atoms with Crippen molar-refractivity contribution in [2.24, 2.45) is 5.73 Å². The smallest absolute Gasteiger partial charge is 0.123 e. The summed E-state index contributed by atoms with van der Waals surface area (Å²) in [5.41, 5.74) is 7.49. The third-order valence-electron chi connectivity index (χ3n) is 2.09. The van der Waals surface area contributed by atoms with E-state index in [2.05, 4.69) is 6.58 Å². The number of phenolic OH excluding ortho intramolecular Hbond substituents is 1. The quantitative estimate of drug-likeness (QED) is 0.696. The SMILES string of the molecule is C=CC[C@@H](N)c1cccc(C)c1O. The summed E-state index contributed by atoms with van der Waals surface area (Å²) in [6, 6.07) is 5.45. The Labute approximate surface area is 78.7 Å². The molecule has 1 aromatic carbocycles. The van der Waals surface area contributed by atoms with E-state index in [1.54, 1.807) is 6.08 Å². The number of hydrogen-bond acceptors (Lipinski definition) is 2. The van der Waals surface area contributed by atoms with Crippen molar-refractivity contribution in [3.63, 3.8) is 0 Å². The molecule has 0 radical (unpaired) electrons. The molecule has 0 amide bonds. The largest absolute Gasteiger partial charge is 0.507 e. The number of nitrogens with two attached hydrogens (primary N) is 1. The van der Waals surface area contributed by atoms with Gasteiger partial charge in [0.05, 0.1) is 0 Å². The second-order valence-corrected chi connectivity index (χ2v) is 3.14. The predicted molar refractivity (Wildman–Crippen MR) is 54.6 cm³/mol. The van der Waals surface area contributed by atoms with Crippen LogP contribution in [0.1, 0.15) is 23.6 Å². The molecule has 0 spiro atoms. The maximum absolute atomic E-state index is 9.68. The summed E-state index contributed by atoms with van der Waals surface area (Å²) in [6.45, 7) is 5.48. The number of aryl methyl sites for hydroxylation is 1. The molecule has 0 aliphatic heterocycles. The first-order valence-corrected chi connectivity index (χ1v) is 4.31.